The van der Waals surface area contributed by atoms with Crippen LogP contribution >= 0.6 is 0 Å². The van der Waals surface area contributed by atoms with Crippen molar-refractivity contribution < 1.29 is 19.0 Å². The van der Waals surface area contributed by atoms with E-state index in [0.717, 1.165) is 13.0 Å². The molecular formula is C14H21NO4. The molecule has 0 aromatic heterocycles. The third-order valence-electron chi connectivity index (χ3n) is 2.48. The van der Waals surface area contributed by atoms with E-state index in [1.807, 2.05) is 14.1 Å². The molecule has 1 aromatic rings. The van der Waals surface area contributed by atoms with Crippen molar-refractivity contribution >= 4 is 5.97 Å². The first-order chi connectivity index (χ1) is 9.13. The summed E-state index contributed by atoms with van der Waals surface area (Å²) in [4.78, 5) is 13.3. The van der Waals surface area contributed by atoms with Crippen molar-refractivity contribution in [2.24, 2.45) is 0 Å². The van der Waals surface area contributed by atoms with Crippen LogP contribution in [0.4, 0.5) is 0 Å². The van der Waals surface area contributed by atoms with Crippen LogP contribution in [0.2, 0.25) is 0 Å². The predicted molar refractivity (Wildman–Crippen MR) is 72.4 cm³/mol. The molecule has 0 bridgehead atoms. The number of hydrogen-bond acceptors (Lipinski definition) is 5. The molecule has 0 spiro atoms. The van der Waals surface area contributed by atoms with Crippen LogP contribution in [0.5, 0.6) is 5.75 Å². The number of hydrogen-bond donors (Lipinski definition) is 0. The molecule has 1 rings (SSSR count). The quantitative estimate of drug-likeness (QED) is 0.408. The summed E-state index contributed by atoms with van der Waals surface area (Å²) in [5.41, 5.74) is 0.502. The maximum atomic E-state index is 11.2. The molecule has 0 aliphatic heterocycles. The van der Waals surface area contributed by atoms with E-state index in [-0.39, 0.29) is 12.8 Å². The van der Waals surface area contributed by atoms with Crippen molar-refractivity contribution in [1.29, 1.82) is 0 Å². The van der Waals surface area contributed by atoms with Gasteiger partial charge in [0.25, 0.3) is 0 Å². The van der Waals surface area contributed by atoms with Gasteiger partial charge in [-0.3, -0.25) is 0 Å². The van der Waals surface area contributed by atoms with Gasteiger partial charge in [-0.2, -0.15) is 0 Å². The van der Waals surface area contributed by atoms with E-state index in [9.17, 15) is 4.79 Å². The fourth-order valence-electron chi connectivity index (χ4n) is 1.46. The predicted octanol–water partition coefficient (Wildman–Crippen LogP) is 1.78. The van der Waals surface area contributed by atoms with Crippen LogP contribution in [0.1, 0.15) is 16.8 Å². The lowest BCUT2D eigenvalue weighted by Gasteiger charge is -2.10. The summed E-state index contributed by atoms with van der Waals surface area (Å²) >= 11 is 0. The average Bonchev–Trinajstić information content (AvgIpc) is 2.42. The molecule has 5 nitrogen and oxygen atoms in total. The third-order valence-corrected chi connectivity index (χ3v) is 2.48. The van der Waals surface area contributed by atoms with Crippen molar-refractivity contribution in [3.8, 4) is 5.75 Å². The SMILES string of the molecule is COC(=O)c1ccc(OCOCCCN(C)C)cc1. The molecule has 0 amide bonds. The lowest BCUT2D eigenvalue weighted by Crippen LogP contribution is -2.15. The molecule has 1 aromatic carbocycles. The van der Waals surface area contributed by atoms with Gasteiger partial charge in [0.15, 0.2) is 6.79 Å². The van der Waals surface area contributed by atoms with Gasteiger partial charge in [0.2, 0.25) is 0 Å². The van der Waals surface area contributed by atoms with E-state index in [4.69, 9.17) is 9.47 Å². The zero-order valence-corrected chi connectivity index (χ0v) is 11.7. The highest BCUT2D eigenvalue weighted by molar-refractivity contribution is 5.89. The lowest BCUT2D eigenvalue weighted by molar-refractivity contribution is 0.0125. The molecule has 0 unspecified atom stereocenters. The summed E-state index contributed by atoms with van der Waals surface area (Å²) in [6, 6.07) is 6.76. The molecule has 0 atom stereocenters. The fourth-order valence-corrected chi connectivity index (χ4v) is 1.46. The van der Waals surface area contributed by atoms with E-state index in [1.54, 1.807) is 24.3 Å². The third kappa shape index (κ3) is 6.22. The van der Waals surface area contributed by atoms with Crippen molar-refractivity contribution in [1.82, 2.24) is 4.90 Å². The van der Waals surface area contributed by atoms with Crippen LogP contribution in [0.25, 0.3) is 0 Å². The van der Waals surface area contributed by atoms with Gasteiger partial charge in [0, 0.05) is 0 Å². The summed E-state index contributed by atoms with van der Waals surface area (Å²) < 4.78 is 15.4. The molecule has 5 heteroatoms. The maximum absolute atomic E-state index is 11.2. The summed E-state index contributed by atoms with van der Waals surface area (Å²) in [7, 11) is 5.41. The largest absolute Gasteiger partial charge is 0.468 e. The van der Waals surface area contributed by atoms with Crippen molar-refractivity contribution in [2.45, 2.75) is 6.42 Å². The Hall–Kier alpha value is -1.59. The monoisotopic (exact) mass is 267 g/mol. The van der Waals surface area contributed by atoms with Gasteiger partial charge in [-0.15, -0.1) is 0 Å². The molecule has 0 aliphatic rings. The number of carbonyl (C=O) groups excluding carboxylic acids is 1. The van der Waals surface area contributed by atoms with Crippen molar-refractivity contribution in [3.63, 3.8) is 0 Å². The Bertz CT molecular complexity index is 376. The number of nitrogens with zero attached hydrogens (tertiary/aromatic N) is 1. The molecule has 0 saturated heterocycles. The van der Waals surface area contributed by atoms with Crippen LogP contribution < -0.4 is 4.74 Å². The van der Waals surface area contributed by atoms with Crippen LogP contribution in [-0.2, 0) is 9.47 Å². The second-order valence-corrected chi connectivity index (χ2v) is 4.34. The van der Waals surface area contributed by atoms with Crippen molar-refractivity contribution in [3.05, 3.63) is 29.8 Å². The number of ether oxygens (including phenoxy) is 3. The normalized spacial score (nSPS) is 10.5. The Balaban J connectivity index is 2.21. The van der Waals surface area contributed by atoms with E-state index in [1.165, 1.54) is 7.11 Å². The van der Waals surface area contributed by atoms with Crippen LogP contribution in [0.3, 0.4) is 0 Å². The van der Waals surface area contributed by atoms with Gasteiger partial charge in [-0.05, 0) is 51.3 Å². The number of methoxy groups -OCH3 is 1. The number of benzene rings is 1. The molecule has 0 aliphatic carbocycles. The highest BCUT2D eigenvalue weighted by Gasteiger charge is 2.04. The highest BCUT2D eigenvalue weighted by Crippen LogP contribution is 2.12. The molecule has 106 valence electrons. The first kappa shape index (κ1) is 15.5. The van der Waals surface area contributed by atoms with E-state index in [0.29, 0.717) is 17.9 Å². The van der Waals surface area contributed by atoms with Gasteiger partial charge in [-0.1, -0.05) is 0 Å². The Morgan fingerprint density at radius 3 is 2.47 bits per heavy atom. The molecule has 0 heterocycles. The molecule has 0 fully saturated rings. The van der Waals surface area contributed by atoms with Gasteiger partial charge < -0.3 is 19.1 Å². The average molecular weight is 267 g/mol. The smallest absolute Gasteiger partial charge is 0.337 e. The first-order valence-electron chi connectivity index (χ1n) is 6.17. The summed E-state index contributed by atoms with van der Waals surface area (Å²) in [5, 5.41) is 0. The molecular weight excluding hydrogens is 246 g/mol. The van der Waals surface area contributed by atoms with Crippen LogP contribution in [0.15, 0.2) is 24.3 Å². The Morgan fingerprint density at radius 1 is 1.21 bits per heavy atom. The van der Waals surface area contributed by atoms with Crippen molar-refractivity contribution in [2.75, 3.05) is 41.1 Å². The summed E-state index contributed by atoms with van der Waals surface area (Å²) in [5.74, 6) is 0.312. The molecule has 0 radical (unpaired) electrons. The highest BCUT2D eigenvalue weighted by atomic mass is 16.7. The summed E-state index contributed by atoms with van der Waals surface area (Å²) in [6.07, 6.45) is 0.970. The van der Waals surface area contributed by atoms with Gasteiger partial charge in [0.1, 0.15) is 5.75 Å². The number of carbonyl (C=O) groups is 1. The number of rotatable bonds is 8. The minimum Gasteiger partial charge on any atom is -0.468 e. The zero-order valence-electron chi connectivity index (χ0n) is 11.7. The Labute approximate surface area is 114 Å². The first-order valence-corrected chi connectivity index (χ1v) is 6.17. The fraction of sp³-hybridized carbons (Fsp3) is 0.500. The molecule has 0 N–H and O–H groups in total. The maximum Gasteiger partial charge on any atom is 0.337 e. The van der Waals surface area contributed by atoms with Crippen LogP contribution in [-0.4, -0.2) is 52.0 Å². The molecule has 0 saturated carbocycles. The Morgan fingerprint density at radius 2 is 1.89 bits per heavy atom. The van der Waals surface area contributed by atoms with E-state index in [2.05, 4.69) is 9.64 Å². The van der Waals surface area contributed by atoms with E-state index < -0.39 is 0 Å². The second kappa shape index (κ2) is 8.50. The lowest BCUT2D eigenvalue weighted by atomic mass is 10.2. The van der Waals surface area contributed by atoms with Gasteiger partial charge in [-0.25, -0.2) is 4.79 Å². The number of esters is 1. The van der Waals surface area contributed by atoms with Gasteiger partial charge >= 0.3 is 5.97 Å². The minimum absolute atomic E-state index is 0.213. The zero-order chi connectivity index (χ0) is 14.1. The molecule has 19 heavy (non-hydrogen) atoms. The van der Waals surface area contributed by atoms with Crippen LogP contribution in [0, 0.1) is 0 Å². The Kier molecular flexibility index (Phi) is 6.92. The summed E-state index contributed by atoms with van der Waals surface area (Å²) in [6.45, 7) is 1.87. The second-order valence-electron chi connectivity index (χ2n) is 4.34. The van der Waals surface area contributed by atoms with Gasteiger partial charge in [0.05, 0.1) is 19.3 Å². The topological polar surface area (TPSA) is 48.0 Å². The van der Waals surface area contributed by atoms with E-state index >= 15 is 0 Å². The standard InChI is InChI=1S/C14H21NO4/c1-15(2)9-4-10-18-11-19-13-7-5-12(6-8-13)14(16)17-3/h5-8H,4,9-11H2,1-3H3. The minimum atomic E-state index is -0.355.